The highest BCUT2D eigenvalue weighted by Gasteiger charge is 2.33. The fourth-order valence-corrected chi connectivity index (χ4v) is 2.37. The molecule has 1 fully saturated rings. The minimum Gasteiger partial charge on any atom is -0.379 e. The monoisotopic (exact) mass is 291 g/mol. The summed E-state index contributed by atoms with van der Waals surface area (Å²) in [6, 6.07) is 4.48. The van der Waals surface area contributed by atoms with Gasteiger partial charge in [-0.05, 0) is 25.6 Å². The lowest BCUT2D eigenvalue weighted by atomic mass is 10.0. The third-order valence-corrected chi connectivity index (χ3v) is 3.61. The first-order chi connectivity index (χ1) is 10.1. The van der Waals surface area contributed by atoms with Crippen LogP contribution >= 0.6 is 0 Å². The molecule has 0 saturated carbocycles. The van der Waals surface area contributed by atoms with Crippen molar-refractivity contribution in [3.05, 3.63) is 29.1 Å². The van der Waals surface area contributed by atoms with Crippen molar-refractivity contribution < 1.29 is 13.9 Å². The Bertz CT molecular complexity index is 583. The predicted octanol–water partition coefficient (Wildman–Crippen LogP) is 1.57. The number of hydrogen-bond donors (Lipinski definition) is 2. The Morgan fingerprint density at radius 2 is 2.29 bits per heavy atom. The van der Waals surface area contributed by atoms with Crippen molar-refractivity contribution in [2.24, 2.45) is 5.92 Å². The Hall–Kier alpha value is -1.97. The summed E-state index contributed by atoms with van der Waals surface area (Å²) >= 11 is 0. The first kappa shape index (κ1) is 15.4. The molecule has 2 atom stereocenters. The zero-order valence-electron chi connectivity index (χ0n) is 12.1. The standard InChI is InChI=1S/C15H18FN3O2/c1-3-18-14-8-21-7-11(14)15(20)19-13-5-10(6-17)4-12(16)9(13)2/h4-5,11,14,18H,3,7-8H2,1-2H3,(H,19,20). The number of carbonyl (C=O) groups excluding carboxylic acids is 1. The van der Waals surface area contributed by atoms with Gasteiger partial charge in [0.2, 0.25) is 5.91 Å². The van der Waals surface area contributed by atoms with Gasteiger partial charge in [-0.25, -0.2) is 4.39 Å². The Balaban J connectivity index is 2.16. The van der Waals surface area contributed by atoms with Gasteiger partial charge in [0.05, 0.1) is 30.8 Å². The summed E-state index contributed by atoms with van der Waals surface area (Å²) in [4.78, 5) is 12.3. The molecule has 2 N–H and O–H groups in total. The molecule has 21 heavy (non-hydrogen) atoms. The fraction of sp³-hybridized carbons (Fsp3) is 0.467. The van der Waals surface area contributed by atoms with E-state index in [0.29, 0.717) is 24.5 Å². The lowest BCUT2D eigenvalue weighted by Gasteiger charge is -2.18. The molecule has 1 saturated heterocycles. The molecule has 0 spiro atoms. The molecule has 5 nitrogen and oxygen atoms in total. The average Bonchev–Trinajstić information content (AvgIpc) is 2.92. The number of rotatable bonds is 4. The van der Waals surface area contributed by atoms with Gasteiger partial charge in [-0.3, -0.25) is 4.79 Å². The Morgan fingerprint density at radius 3 is 2.95 bits per heavy atom. The lowest BCUT2D eigenvalue weighted by molar-refractivity contribution is -0.120. The summed E-state index contributed by atoms with van der Waals surface area (Å²) in [5, 5.41) is 14.8. The van der Waals surface area contributed by atoms with E-state index in [4.69, 9.17) is 10.00 Å². The highest BCUT2D eigenvalue weighted by Crippen LogP contribution is 2.23. The number of amides is 1. The van der Waals surface area contributed by atoms with E-state index in [-0.39, 0.29) is 23.4 Å². The maximum absolute atomic E-state index is 13.7. The average molecular weight is 291 g/mol. The second-order valence-corrected chi connectivity index (χ2v) is 5.04. The van der Waals surface area contributed by atoms with Gasteiger partial charge in [-0.2, -0.15) is 5.26 Å². The third-order valence-electron chi connectivity index (χ3n) is 3.61. The summed E-state index contributed by atoms with van der Waals surface area (Å²) in [5.41, 5.74) is 0.833. The van der Waals surface area contributed by atoms with Gasteiger partial charge in [-0.15, -0.1) is 0 Å². The van der Waals surface area contributed by atoms with E-state index in [1.54, 1.807) is 6.92 Å². The van der Waals surface area contributed by atoms with E-state index in [0.717, 1.165) is 12.6 Å². The molecule has 1 aliphatic heterocycles. The maximum atomic E-state index is 13.7. The van der Waals surface area contributed by atoms with Crippen molar-refractivity contribution in [1.29, 1.82) is 5.26 Å². The predicted molar refractivity (Wildman–Crippen MR) is 76.3 cm³/mol. The topological polar surface area (TPSA) is 74.2 Å². The van der Waals surface area contributed by atoms with Crippen molar-refractivity contribution in [2.45, 2.75) is 19.9 Å². The molecular formula is C15H18FN3O2. The van der Waals surface area contributed by atoms with Crippen LogP contribution in [0, 0.1) is 30.0 Å². The number of ether oxygens (including phenoxy) is 1. The highest BCUT2D eigenvalue weighted by molar-refractivity contribution is 5.94. The number of hydrogen-bond acceptors (Lipinski definition) is 4. The zero-order chi connectivity index (χ0) is 15.4. The van der Waals surface area contributed by atoms with Gasteiger partial charge >= 0.3 is 0 Å². The van der Waals surface area contributed by atoms with E-state index < -0.39 is 5.82 Å². The van der Waals surface area contributed by atoms with Crippen LogP contribution in [0.1, 0.15) is 18.1 Å². The van der Waals surface area contributed by atoms with E-state index >= 15 is 0 Å². The zero-order valence-corrected chi connectivity index (χ0v) is 12.1. The molecule has 112 valence electrons. The molecule has 2 unspecified atom stereocenters. The van der Waals surface area contributed by atoms with Crippen LogP contribution in [0.5, 0.6) is 0 Å². The van der Waals surface area contributed by atoms with Crippen molar-refractivity contribution in [3.63, 3.8) is 0 Å². The molecule has 1 amide bonds. The molecule has 0 bridgehead atoms. The molecule has 0 radical (unpaired) electrons. The number of benzene rings is 1. The summed E-state index contributed by atoms with van der Waals surface area (Å²) in [6.07, 6.45) is 0. The second kappa shape index (κ2) is 6.66. The number of halogens is 1. The summed E-state index contributed by atoms with van der Waals surface area (Å²) in [7, 11) is 0. The molecular weight excluding hydrogens is 273 g/mol. The molecule has 0 aliphatic carbocycles. The van der Waals surface area contributed by atoms with Crippen LogP contribution in [0.15, 0.2) is 12.1 Å². The Kier molecular flexibility index (Phi) is 4.89. The van der Waals surface area contributed by atoms with E-state index in [2.05, 4.69) is 10.6 Å². The molecule has 2 rings (SSSR count). The van der Waals surface area contributed by atoms with Crippen LogP contribution in [0.25, 0.3) is 0 Å². The Morgan fingerprint density at radius 1 is 1.52 bits per heavy atom. The number of nitrogens with zero attached hydrogens (tertiary/aromatic N) is 1. The molecule has 1 aromatic rings. The van der Waals surface area contributed by atoms with Crippen LogP contribution < -0.4 is 10.6 Å². The summed E-state index contributed by atoms with van der Waals surface area (Å²) in [5.74, 6) is -1.05. The fourth-order valence-electron chi connectivity index (χ4n) is 2.37. The van der Waals surface area contributed by atoms with Crippen LogP contribution in [0.2, 0.25) is 0 Å². The molecule has 1 heterocycles. The molecule has 1 aliphatic rings. The van der Waals surface area contributed by atoms with E-state index in [1.807, 2.05) is 13.0 Å². The number of nitriles is 1. The van der Waals surface area contributed by atoms with Gasteiger partial charge in [0.1, 0.15) is 5.82 Å². The van der Waals surface area contributed by atoms with Crippen molar-refractivity contribution in [1.82, 2.24) is 5.32 Å². The summed E-state index contributed by atoms with van der Waals surface area (Å²) in [6.45, 7) is 5.10. The third kappa shape index (κ3) is 3.38. The van der Waals surface area contributed by atoms with Gasteiger partial charge in [0.15, 0.2) is 0 Å². The van der Waals surface area contributed by atoms with Crippen molar-refractivity contribution in [2.75, 3.05) is 25.1 Å². The molecule has 6 heteroatoms. The highest BCUT2D eigenvalue weighted by atomic mass is 19.1. The van der Waals surface area contributed by atoms with E-state index in [9.17, 15) is 9.18 Å². The molecule has 0 aromatic heterocycles. The van der Waals surface area contributed by atoms with Crippen LogP contribution in [0.4, 0.5) is 10.1 Å². The minimum atomic E-state index is -0.504. The lowest BCUT2D eigenvalue weighted by Crippen LogP contribution is -2.41. The SMILES string of the molecule is CCNC1COCC1C(=O)Nc1cc(C#N)cc(F)c1C. The van der Waals surface area contributed by atoms with Gasteiger partial charge < -0.3 is 15.4 Å². The number of nitrogens with one attached hydrogen (secondary N) is 2. The maximum Gasteiger partial charge on any atom is 0.231 e. The second-order valence-electron chi connectivity index (χ2n) is 5.04. The normalized spacial score (nSPS) is 21.0. The van der Waals surface area contributed by atoms with E-state index in [1.165, 1.54) is 6.07 Å². The minimum absolute atomic E-state index is 0.0423. The number of likely N-dealkylation sites (N-methyl/N-ethyl adjacent to an activating group) is 1. The van der Waals surface area contributed by atoms with Crippen LogP contribution in [-0.2, 0) is 9.53 Å². The number of anilines is 1. The van der Waals surface area contributed by atoms with Crippen molar-refractivity contribution >= 4 is 11.6 Å². The first-order valence-electron chi connectivity index (χ1n) is 6.89. The quantitative estimate of drug-likeness (QED) is 0.883. The van der Waals surface area contributed by atoms with Crippen LogP contribution in [-0.4, -0.2) is 31.7 Å². The van der Waals surface area contributed by atoms with Crippen LogP contribution in [0.3, 0.4) is 0 Å². The van der Waals surface area contributed by atoms with Gasteiger partial charge in [0, 0.05) is 17.3 Å². The smallest absolute Gasteiger partial charge is 0.231 e. The van der Waals surface area contributed by atoms with Crippen molar-refractivity contribution in [3.8, 4) is 6.07 Å². The largest absolute Gasteiger partial charge is 0.379 e. The number of carbonyl (C=O) groups is 1. The Labute approximate surface area is 123 Å². The molecule has 1 aromatic carbocycles. The summed E-state index contributed by atoms with van der Waals surface area (Å²) < 4.78 is 19.0. The van der Waals surface area contributed by atoms with Gasteiger partial charge in [-0.1, -0.05) is 6.92 Å². The van der Waals surface area contributed by atoms with Gasteiger partial charge in [0.25, 0.3) is 0 Å². The first-order valence-corrected chi connectivity index (χ1v) is 6.89.